The third-order valence-electron chi connectivity index (χ3n) is 18.4. The van der Waals surface area contributed by atoms with Gasteiger partial charge in [0.1, 0.15) is 0 Å². The highest BCUT2D eigenvalue weighted by Gasteiger charge is 2.21. The Bertz CT molecular complexity index is 4150. The minimum absolute atomic E-state index is 0.516. The monoisotopic (exact) mass is 1280 g/mol. The summed E-state index contributed by atoms with van der Waals surface area (Å²) in [5.74, 6) is 3.48. The quantitative estimate of drug-likeness (QED) is 0.109. The average molecular weight is 1290 g/mol. The number of benzene rings is 6. The van der Waals surface area contributed by atoms with Crippen LogP contribution in [-0.4, -0.2) is 0 Å². The Morgan fingerprint density at radius 2 is 0.542 bits per heavy atom. The summed E-state index contributed by atoms with van der Waals surface area (Å²) >= 11 is 0. The van der Waals surface area contributed by atoms with Gasteiger partial charge in [-0.1, -0.05) is 174 Å². The number of nitrogens with zero attached hydrogens (tertiary/aromatic N) is 6. The molecular weight excluding hydrogens is 1170 g/mol. The van der Waals surface area contributed by atoms with Crippen molar-refractivity contribution in [2.24, 2.45) is 0 Å². The molecule has 12 rings (SSSR count). The standard InChI is InChI=1S/6C15H20N/c1-11(2)13-5-6-15-10-16(12(3)4)8-7-14(15)9-13;1-11(2)14-6-5-13-7-8-16(12(3)4)10-15(13)9-14;1-11(2)14-7-5-6-13-10-16(12(3)4)9-8-15(13)14;1-11(2)14-7-5-6-13-8-9-16(12(3)4)10-15(13)14;2*1-11(2)15-9-13-7-5-6-8-14(13)10-16(15)12(3)4/h6*5-12H,1-4H3/q6*+1. The van der Waals surface area contributed by atoms with Crippen LogP contribution < -0.4 is 27.4 Å². The van der Waals surface area contributed by atoms with E-state index in [0.29, 0.717) is 71.8 Å². The predicted molar refractivity (Wildman–Crippen MR) is 412 cm³/mol. The Kier molecular flexibility index (Phi) is 27.1. The largest absolute Gasteiger partial charge is 0.202 e. The first-order valence-corrected chi connectivity index (χ1v) is 36.2. The molecule has 0 aliphatic rings. The van der Waals surface area contributed by atoms with E-state index in [-0.39, 0.29) is 0 Å². The van der Waals surface area contributed by atoms with Crippen molar-refractivity contribution in [3.8, 4) is 0 Å². The Morgan fingerprint density at radius 3 is 0.969 bits per heavy atom. The molecule has 0 radical (unpaired) electrons. The molecule has 0 aliphatic heterocycles. The third kappa shape index (κ3) is 20.0. The second kappa shape index (κ2) is 34.6. The minimum Gasteiger partial charge on any atom is -0.202 e. The fraction of sp³-hybridized carbons (Fsp3) is 0.400. The molecule has 6 nitrogen and oxygen atoms in total. The molecule has 0 fully saturated rings. The van der Waals surface area contributed by atoms with E-state index in [1.165, 1.54) is 98.3 Å². The van der Waals surface area contributed by atoms with Gasteiger partial charge in [0.25, 0.3) is 0 Å². The predicted octanol–water partition coefficient (Wildman–Crippen LogP) is 23.0. The van der Waals surface area contributed by atoms with Gasteiger partial charge in [-0.15, -0.1) is 0 Å². The van der Waals surface area contributed by atoms with Gasteiger partial charge in [0, 0.05) is 80.6 Å². The van der Waals surface area contributed by atoms with Gasteiger partial charge in [0.2, 0.25) is 0 Å². The third-order valence-corrected chi connectivity index (χ3v) is 18.4. The van der Waals surface area contributed by atoms with Crippen molar-refractivity contribution in [2.45, 2.75) is 238 Å². The van der Waals surface area contributed by atoms with Gasteiger partial charge in [-0.2, -0.15) is 9.13 Å². The molecule has 504 valence electrons. The van der Waals surface area contributed by atoms with Crippen molar-refractivity contribution in [1.29, 1.82) is 0 Å². The number of pyridine rings is 6. The van der Waals surface area contributed by atoms with E-state index in [1.807, 2.05) is 0 Å². The van der Waals surface area contributed by atoms with Crippen molar-refractivity contribution in [2.75, 3.05) is 0 Å². The molecule has 6 heteroatoms. The number of aromatic nitrogens is 6. The molecule has 0 atom stereocenters. The Labute approximate surface area is 580 Å². The smallest absolute Gasteiger partial charge is 0.184 e. The highest BCUT2D eigenvalue weighted by molar-refractivity contribution is 5.86. The van der Waals surface area contributed by atoms with Crippen molar-refractivity contribution >= 4 is 64.6 Å². The second-order valence-corrected chi connectivity index (χ2v) is 30.0. The van der Waals surface area contributed by atoms with Gasteiger partial charge in [-0.3, -0.25) is 0 Å². The number of fused-ring (bicyclic) bond motifs is 6. The molecule has 6 aromatic heterocycles. The van der Waals surface area contributed by atoms with Crippen molar-refractivity contribution in [1.82, 2.24) is 0 Å². The number of rotatable bonds is 12. The van der Waals surface area contributed by atoms with Crippen LogP contribution in [0.2, 0.25) is 0 Å². The van der Waals surface area contributed by atoms with E-state index >= 15 is 0 Å². The summed E-state index contributed by atoms with van der Waals surface area (Å²) in [6.07, 6.45) is 22.2. The summed E-state index contributed by atoms with van der Waals surface area (Å²) in [5, 5.41) is 16.1. The van der Waals surface area contributed by atoms with Crippen LogP contribution in [0.25, 0.3) is 64.6 Å². The van der Waals surface area contributed by atoms with Crippen LogP contribution in [0.5, 0.6) is 0 Å². The van der Waals surface area contributed by atoms with Gasteiger partial charge in [0.15, 0.2) is 110 Å². The lowest BCUT2D eigenvalue weighted by Crippen LogP contribution is -2.40. The van der Waals surface area contributed by atoms with Gasteiger partial charge in [-0.05, 0) is 192 Å². The maximum Gasteiger partial charge on any atom is 0.184 e. The number of hydrogen-bond donors (Lipinski definition) is 0. The van der Waals surface area contributed by atoms with Crippen LogP contribution in [-0.2, 0) is 0 Å². The first-order chi connectivity index (χ1) is 45.5. The topological polar surface area (TPSA) is 23.3 Å². The summed E-state index contributed by atoms with van der Waals surface area (Å²) in [6.45, 7) is 53.6. The first-order valence-electron chi connectivity index (χ1n) is 36.2. The van der Waals surface area contributed by atoms with Gasteiger partial charge >= 0.3 is 0 Å². The molecular formula is C90H120N6+6. The highest BCUT2D eigenvalue weighted by Crippen LogP contribution is 2.28. The lowest BCUT2D eigenvalue weighted by atomic mass is 9.97. The Hall–Kier alpha value is -8.22. The Balaban J connectivity index is 0.000000163. The van der Waals surface area contributed by atoms with E-state index in [2.05, 4.69) is 413 Å². The van der Waals surface area contributed by atoms with Crippen LogP contribution >= 0.6 is 0 Å². The van der Waals surface area contributed by atoms with Crippen LogP contribution in [0.3, 0.4) is 0 Å². The zero-order chi connectivity index (χ0) is 70.2. The zero-order valence-corrected chi connectivity index (χ0v) is 63.4. The molecule has 6 heterocycles. The summed E-state index contributed by atoms with van der Waals surface area (Å²) in [7, 11) is 0. The van der Waals surface area contributed by atoms with Gasteiger partial charge < -0.3 is 0 Å². The second-order valence-electron chi connectivity index (χ2n) is 30.0. The van der Waals surface area contributed by atoms with E-state index in [9.17, 15) is 0 Å². The SMILES string of the molecule is CC(C)c1cc2ccccc2c[n+]1C(C)C.CC(C)c1cc2ccccc2c[n+]1C(C)C.CC(C)c1ccc2c[n+](C(C)C)ccc2c1.CC(C)c1ccc2cc[n+](C(C)C)cc2c1.CC(C)c1cccc2c[n+](C(C)C)ccc12.CC(C)c1cccc2cc[n+](C(C)C)cc12. The molecule has 0 aliphatic carbocycles. The fourth-order valence-electron chi connectivity index (χ4n) is 12.2. The molecule has 0 saturated heterocycles. The van der Waals surface area contributed by atoms with E-state index in [0.717, 1.165) is 0 Å². The molecule has 0 amide bonds. The average Bonchev–Trinajstić information content (AvgIpc) is 0.868. The minimum atomic E-state index is 0.516. The van der Waals surface area contributed by atoms with E-state index in [1.54, 1.807) is 0 Å². The van der Waals surface area contributed by atoms with Gasteiger partial charge in [0.05, 0.1) is 0 Å². The summed E-state index contributed by atoms with van der Waals surface area (Å²) in [5.41, 5.74) is 8.52. The summed E-state index contributed by atoms with van der Waals surface area (Å²) in [4.78, 5) is 0. The van der Waals surface area contributed by atoms with E-state index in [4.69, 9.17) is 0 Å². The van der Waals surface area contributed by atoms with Crippen molar-refractivity contribution in [3.63, 3.8) is 0 Å². The van der Waals surface area contributed by atoms with Gasteiger partial charge in [-0.25, -0.2) is 18.3 Å². The van der Waals surface area contributed by atoms with Crippen LogP contribution in [0.1, 0.15) is 272 Å². The van der Waals surface area contributed by atoms with E-state index < -0.39 is 0 Å². The molecule has 96 heavy (non-hydrogen) atoms. The van der Waals surface area contributed by atoms with Crippen LogP contribution in [0, 0.1) is 0 Å². The normalized spacial score (nSPS) is 11.6. The molecule has 0 saturated carbocycles. The zero-order valence-electron chi connectivity index (χ0n) is 63.4. The maximum absolute atomic E-state index is 2.38. The van der Waals surface area contributed by atoms with Crippen molar-refractivity contribution in [3.05, 3.63) is 253 Å². The van der Waals surface area contributed by atoms with Crippen LogP contribution in [0.15, 0.2) is 220 Å². The van der Waals surface area contributed by atoms with Crippen LogP contribution in [0.4, 0.5) is 0 Å². The molecule has 0 spiro atoms. The summed E-state index contributed by atoms with van der Waals surface area (Å²) < 4.78 is 13.8. The molecule has 6 aromatic carbocycles. The lowest BCUT2D eigenvalue weighted by Gasteiger charge is -2.11. The fourth-order valence-corrected chi connectivity index (χ4v) is 12.2. The Morgan fingerprint density at radius 1 is 0.208 bits per heavy atom. The molecule has 0 bridgehead atoms. The maximum atomic E-state index is 2.38. The summed E-state index contributed by atoms with van der Waals surface area (Å²) in [6, 6.07) is 60.4. The molecule has 12 aromatic rings. The number of hydrogen-bond acceptors (Lipinski definition) is 0. The molecule has 0 unspecified atom stereocenters. The molecule has 0 N–H and O–H groups in total. The van der Waals surface area contributed by atoms with Crippen molar-refractivity contribution < 1.29 is 27.4 Å². The highest BCUT2D eigenvalue weighted by atomic mass is 15.0. The lowest BCUT2D eigenvalue weighted by molar-refractivity contribution is -0.723. The first kappa shape index (κ1) is 75.2.